The lowest BCUT2D eigenvalue weighted by molar-refractivity contribution is -0.0127. The molecule has 0 aliphatic carbocycles. The van der Waals surface area contributed by atoms with E-state index in [4.69, 9.17) is 10.6 Å². The lowest BCUT2D eigenvalue weighted by Gasteiger charge is -2.34. The summed E-state index contributed by atoms with van der Waals surface area (Å²) >= 11 is 0. The van der Waals surface area contributed by atoms with E-state index in [9.17, 15) is 0 Å². The first-order chi connectivity index (χ1) is 8.33. The van der Waals surface area contributed by atoms with E-state index >= 15 is 0 Å². The number of pyridine rings is 1. The molecule has 17 heavy (non-hydrogen) atoms. The molecule has 5 nitrogen and oxygen atoms in total. The molecule has 1 aliphatic rings. The van der Waals surface area contributed by atoms with Crippen LogP contribution < -0.4 is 11.3 Å². The molecule has 1 unspecified atom stereocenters. The summed E-state index contributed by atoms with van der Waals surface area (Å²) in [6.45, 7) is 5.79. The van der Waals surface area contributed by atoms with E-state index in [1.807, 2.05) is 12.3 Å². The lowest BCUT2D eigenvalue weighted by atomic mass is 10.1. The highest BCUT2D eigenvalue weighted by atomic mass is 16.5. The summed E-state index contributed by atoms with van der Waals surface area (Å²) in [4.78, 5) is 6.67. The third-order valence-electron chi connectivity index (χ3n) is 3.18. The van der Waals surface area contributed by atoms with E-state index in [1.54, 1.807) is 0 Å². The van der Waals surface area contributed by atoms with Gasteiger partial charge in [-0.05, 0) is 18.1 Å². The van der Waals surface area contributed by atoms with Gasteiger partial charge in [0.15, 0.2) is 0 Å². The predicted octanol–water partition coefficient (Wildman–Crippen LogP) is 0.978. The summed E-state index contributed by atoms with van der Waals surface area (Å²) in [5.74, 6) is 5.99. The van der Waals surface area contributed by atoms with Gasteiger partial charge in [-0.3, -0.25) is 4.90 Å². The second-order valence-corrected chi connectivity index (χ2v) is 4.30. The molecule has 0 aromatic carbocycles. The first-order valence-electron chi connectivity index (χ1n) is 6.07. The predicted molar refractivity (Wildman–Crippen MR) is 67.4 cm³/mol. The largest absolute Gasteiger partial charge is 0.378 e. The zero-order valence-corrected chi connectivity index (χ0v) is 10.2. The minimum atomic E-state index is 0.524. The van der Waals surface area contributed by atoms with Crippen LogP contribution in [0, 0.1) is 0 Å². The van der Waals surface area contributed by atoms with Crippen LogP contribution in [-0.2, 0) is 11.3 Å². The molecule has 0 amide bonds. The summed E-state index contributed by atoms with van der Waals surface area (Å²) in [7, 11) is 0. The van der Waals surface area contributed by atoms with Crippen molar-refractivity contribution in [3.63, 3.8) is 0 Å². The number of nitrogens with zero attached hydrogens (tertiary/aromatic N) is 2. The van der Waals surface area contributed by atoms with Crippen LogP contribution in [0.3, 0.4) is 0 Å². The average Bonchev–Trinajstić information content (AvgIpc) is 2.40. The molecule has 94 valence electrons. The van der Waals surface area contributed by atoms with Crippen molar-refractivity contribution in [2.75, 3.05) is 25.2 Å². The number of hydrazine groups is 1. The summed E-state index contributed by atoms with van der Waals surface area (Å²) < 4.78 is 5.49. The van der Waals surface area contributed by atoms with Gasteiger partial charge in [0, 0.05) is 25.3 Å². The maximum absolute atomic E-state index is 5.49. The molecule has 0 bridgehead atoms. The van der Waals surface area contributed by atoms with E-state index in [-0.39, 0.29) is 0 Å². The van der Waals surface area contributed by atoms with Gasteiger partial charge < -0.3 is 10.2 Å². The minimum absolute atomic E-state index is 0.524. The summed E-state index contributed by atoms with van der Waals surface area (Å²) in [5.41, 5.74) is 3.75. The van der Waals surface area contributed by atoms with E-state index in [0.717, 1.165) is 32.7 Å². The second kappa shape index (κ2) is 5.95. The Hall–Kier alpha value is -1.17. The van der Waals surface area contributed by atoms with E-state index < -0.39 is 0 Å². The molecular weight excluding hydrogens is 216 g/mol. The molecule has 2 rings (SSSR count). The Labute approximate surface area is 102 Å². The third kappa shape index (κ3) is 3.15. The van der Waals surface area contributed by atoms with Crippen molar-refractivity contribution in [1.29, 1.82) is 0 Å². The Morgan fingerprint density at radius 1 is 1.59 bits per heavy atom. The van der Waals surface area contributed by atoms with Gasteiger partial charge in [-0.2, -0.15) is 0 Å². The number of nitrogens with two attached hydrogens (primary N) is 1. The van der Waals surface area contributed by atoms with Gasteiger partial charge in [0.2, 0.25) is 0 Å². The average molecular weight is 236 g/mol. The fraction of sp³-hybridized carbons (Fsp3) is 0.583. The van der Waals surface area contributed by atoms with Crippen LogP contribution in [0.1, 0.15) is 18.9 Å². The molecule has 5 heteroatoms. The molecule has 1 aliphatic heterocycles. The molecule has 1 fully saturated rings. The van der Waals surface area contributed by atoms with Crippen LogP contribution in [0.15, 0.2) is 18.3 Å². The Bertz CT molecular complexity index is 341. The van der Waals surface area contributed by atoms with Gasteiger partial charge in [-0.25, -0.2) is 10.8 Å². The third-order valence-corrected chi connectivity index (χ3v) is 3.18. The van der Waals surface area contributed by atoms with Crippen molar-refractivity contribution >= 4 is 5.82 Å². The molecule has 0 spiro atoms. The van der Waals surface area contributed by atoms with Gasteiger partial charge in [-0.1, -0.05) is 13.0 Å². The number of nitrogen functional groups attached to an aromatic ring is 1. The highest BCUT2D eigenvalue weighted by Crippen LogP contribution is 2.14. The van der Waals surface area contributed by atoms with Crippen molar-refractivity contribution in [3.05, 3.63) is 23.9 Å². The highest BCUT2D eigenvalue weighted by molar-refractivity contribution is 5.33. The molecule has 3 N–H and O–H groups in total. The molecular formula is C12H20N4O. The lowest BCUT2D eigenvalue weighted by Crippen LogP contribution is -2.44. The summed E-state index contributed by atoms with van der Waals surface area (Å²) in [6.07, 6.45) is 2.99. The van der Waals surface area contributed by atoms with Crippen LogP contribution in [0.25, 0.3) is 0 Å². The number of nitrogens with one attached hydrogen (secondary N) is 1. The Kier molecular flexibility index (Phi) is 4.30. The van der Waals surface area contributed by atoms with Crippen LogP contribution >= 0.6 is 0 Å². The first kappa shape index (κ1) is 12.3. The molecule has 1 atom stereocenters. The van der Waals surface area contributed by atoms with Crippen LogP contribution in [0.4, 0.5) is 5.82 Å². The van der Waals surface area contributed by atoms with Crippen molar-refractivity contribution in [2.45, 2.75) is 25.9 Å². The van der Waals surface area contributed by atoms with Gasteiger partial charge in [0.25, 0.3) is 0 Å². The number of morpholine rings is 1. The van der Waals surface area contributed by atoms with Gasteiger partial charge in [0.1, 0.15) is 5.82 Å². The number of hydrogen-bond donors (Lipinski definition) is 2. The van der Waals surface area contributed by atoms with E-state index in [2.05, 4.69) is 28.3 Å². The number of ether oxygens (including phenoxy) is 1. The summed E-state index contributed by atoms with van der Waals surface area (Å²) in [6, 6.07) is 4.48. The van der Waals surface area contributed by atoms with Crippen molar-refractivity contribution in [3.8, 4) is 0 Å². The molecule has 1 saturated heterocycles. The van der Waals surface area contributed by atoms with Gasteiger partial charge >= 0.3 is 0 Å². The monoisotopic (exact) mass is 236 g/mol. The van der Waals surface area contributed by atoms with Crippen LogP contribution in [0.5, 0.6) is 0 Å². The molecule has 1 aromatic rings. The van der Waals surface area contributed by atoms with Crippen LogP contribution in [0.2, 0.25) is 0 Å². The number of rotatable bonds is 4. The van der Waals surface area contributed by atoms with E-state index in [1.165, 1.54) is 5.56 Å². The van der Waals surface area contributed by atoms with Crippen LogP contribution in [-0.4, -0.2) is 35.7 Å². The minimum Gasteiger partial charge on any atom is -0.378 e. The molecule has 0 radical (unpaired) electrons. The van der Waals surface area contributed by atoms with E-state index in [0.29, 0.717) is 11.9 Å². The van der Waals surface area contributed by atoms with Gasteiger partial charge in [-0.15, -0.1) is 0 Å². The topological polar surface area (TPSA) is 63.4 Å². The fourth-order valence-corrected chi connectivity index (χ4v) is 2.11. The maximum atomic E-state index is 5.49. The Morgan fingerprint density at radius 3 is 3.12 bits per heavy atom. The maximum Gasteiger partial charge on any atom is 0.139 e. The Morgan fingerprint density at radius 2 is 2.47 bits per heavy atom. The quantitative estimate of drug-likeness (QED) is 0.602. The van der Waals surface area contributed by atoms with Crippen molar-refractivity contribution in [2.24, 2.45) is 5.84 Å². The molecule has 0 saturated carbocycles. The molecule has 1 aromatic heterocycles. The van der Waals surface area contributed by atoms with Crippen molar-refractivity contribution < 1.29 is 4.74 Å². The molecule has 2 heterocycles. The SMILES string of the molecule is CCC1COCCN1Cc1ccc(NN)nc1. The smallest absolute Gasteiger partial charge is 0.139 e. The first-order valence-corrected chi connectivity index (χ1v) is 6.07. The van der Waals surface area contributed by atoms with Crippen molar-refractivity contribution in [1.82, 2.24) is 9.88 Å². The second-order valence-electron chi connectivity index (χ2n) is 4.30. The zero-order valence-electron chi connectivity index (χ0n) is 10.2. The highest BCUT2D eigenvalue weighted by Gasteiger charge is 2.21. The zero-order chi connectivity index (χ0) is 12.1. The standard InChI is InChI=1S/C12H20N4O/c1-2-11-9-17-6-5-16(11)8-10-3-4-12(15-13)14-7-10/h3-4,7,11H,2,5-6,8-9,13H2,1H3,(H,14,15). The normalized spacial score (nSPS) is 21.4. The number of aromatic nitrogens is 1. The fourth-order valence-electron chi connectivity index (χ4n) is 2.11. The number of anilines is 1. The van der Waals surface area contributed by atoms with Gasteiger partial charge in [0.05, 0.1) is 13.2 Å². The summed E-state index contributed by atoms with van der Waals surface area (Å²) in [5, 5.41) is 0. The number of hydrogen-bond acceptors (Lipinski definition) is 5. The Balaban J connectivity index is 1.98.